The number of fused-ring (bicyclic) bond motifs is 3. The van der Waals surface area contributed by atoms with Gasteiger partial charge in [0.15, 0.2) is 5.92 Å². The minimum atomic E-state index is -0.789. The summed E-state index contributed by atoms with van der Waals surface area (Å²) in [5.41, 5.74) is 3.78. The Balaban J connectivity index is 2.00. The fourth-order valence-electron chi connectivity index (χ4n) is 3.13. The number of carbonyl (C=O) groups excluding carboxylic acids is 1. The van der Waals surface area contributed by atoms with Gasteiger partial charge in [-0.1, -0.05) is 42.0 Å². The number of imidazole rings is 1. The molecule has 1 N–H and O–H groups in total. The quantitative estimate of drug-likeness (QED) is 0.751. The molecular formula is C18H14N4O. The molecule has 5 heteroatoms. The molecule has 1 aromatic heterocycles. The van der Waals surface area contributed by atoms with Gasteiger partial charge in [0.2, 0.25) is 11.9 Å². The van der Waals surface area contributed by atoms with Gasteiger partial charge in [-0.15, -0.1) is 0 Å². The highest BCUT2D eigenvalue weighted by molar-refractivity contribution is 5.97. The van der Waals surface area contributed by atoms with Crippen LogP contribution < -0.4 is 5.32 Å². The number of carbonyl (C=O) groups is 1. The summed E-state index contributed by atoms with van der Waals surface area (Å²) < 4.78 is 1.95. The molecule has 5 nitrogen and oxygen atoms in total. The molecule has 0 spiro atoms. The second-order valence-corrected chi connectivity index (χ2v) is 5.75. The molecule has 23 heavy (non-hydrogen) atoms. The second-order valence-electron chi connectivity index (χ2n) is 5.75. The summed E-state index contributed by atoms with van der Waals surface area (Å²) >= 11 is 0. The molecule has 2 aromatic carbocycles. The molecular weight excluding hydrogens is 288 g/mol. The fraction of sp³-hybridized carbons (Fsp3) is 0.167. The summed E-state index contributed by atoms with van der Waals surface area (Å²) in [6, 6.07) is 17.4. The lowest BCUT2D eigenvalue weighted by atomic mass is 9.91. The van der Waals surface area contributed by atoms with Crippen LogP contribution in [0.4, 0.5) is 5.95 Å². The van der Waals surface area contributed by atoms with Gasteiger partial charge in [-0.2, -0.15) is 5.26 Å². The Hall–Kier alpha value is -3.13. The molecule has 2 heterocycles. The first kappa shape index (κ1) is 13.5. The van der Waals surface area contributed by atoms with Crippen LogP contribution in [0, 0.1) is 24.2 Å². The van der Waals surface area contributed by atoms with E-state index in [2.05, 4.69) is 16.4 Å². The molecule has 0 unspecified atom stereocenters. The molecule has 1 aliphatic rings. The highest BCUT2D eigenvalue weighted by Gasteiger charge is 2.38. The van der Waals surface area contributed by atoms with Crippen LogP contribution in [0.2, 0.25) is 0 Å². The van der Waals surface area contributed by atoms with Gasteiger partial charge in [0.25, 0.3) is 0 Å². The van der Waals surface area contributed by atoms with Crippen LogP contribution >= 0.6 is 0 Å². The number of nitrogens with zero attached hydrogens (tertiary/aromatic N) is 3. The Labute approximate surface area is 133 Å². The number of benzene rings is 2. The fourth-order valence-corrected chi connectivity index (χ4v) is 3.13. The zero-order valence-corrected chi connectivity index (χ0v) is 12.5. The summed E-state index contributed by atoms with van der Waals surface area (Å²) in [6.07, 6.45) is 0. The van der Waals surface area contributed by atoms with Crippen molar-refractivity contribution in [2.75, 3.05) is 5.32 Å². The Morgan fingerprint density at radius 3 is 2.65 bits per heavy atom. The zero-order valence-electron chi connectivity index (χ0n) is 12.5. The minimum absolute atomic E-state index is 0.305. The van der Waals surface area contributed by atoms with E-state index in [1.165, 1.54) is 0 Å². The Morgan fingerprint density at radius 1 is 1.17 bits per heavy atom. The lowest BCUT2D eigenvalue weighted by Gasteiger charge is -2.30. The highest BCUT2D eigenvalue weighted by Crippen LogP contribution is 2.37. The molecule has 1 amide bonds. The molecule has 3 aromatic rings. The van der Waals surface area contributed by atoms with Crippen LogP contribution in [0.5, 0.6) is 0 Å². The number of anilines is 1. The average molecular weight is 302 g/mol. The van der Waals surface area contributed by atoms with Crippen LogP contribution in [0.1, 0.15) is 17.2 Å². The summed E-state index contributed by atoms with van der Waals surface area (Å²) in [5, 5.41) is 12.3. The number of aryl methyl sites for hydroxylation is 1. The number of nitriles is 1. The van der Waals surface area contributed by atoms with Crippen molar-refractivity contribution in [1.82, 2.24) is 9.55 Å². The van der Waals surface area contributed by atoms with E-state index in [4.69, 9.17) is 0 Å². The van der Waals surface area contributed by atoms with Crippen LogP contribution in [-0.4, -0.2) is 15.5 Å². The van der Waals surface area contributed by atoms with Gasteiger partial charge in [-0.3, -0.25) is 10.1 Å². The topological polar surface area (TPSA) is 70.7 Å². The van der Waals surface area contributed by atoms with Crippen LogP contribution in [0.3, 0.4) is 0 Å². The maximum Gasteiger partial charge on any atom is 0.246 e. The number of hydrogen-bond acceptors (Lipinski definition) is 3. The van der Waals surface area contributed by atoms with Crippen molar-refractivity contribution < 1.29 is 4.79 Å². The van der Waals surface area contributed by atoms with Crippen LogP contribution in [0.15, 0.2) is 48.5 Å². The SMILES string of the molecule is Cc1ccc([C@@H]2[C@@H](C#N)C(=O)Nc3nc4ccccc4n32)cc1. The second kappa shape index (κ2) is 4.96. The molecule has 0 radical (unpaired) electrons. The number of amides is 1. The molecule has 4 rings (SSSR count). The Bertz CT molecular complexity index is 949. The molecule has 112 valence electrons. The minimum Gasteiger partial charge on any atom is -0.300 e. The Morgan fingerprint density at radius 2 is 1.91 bits per heavy atom. The largest absolute Gasteiger partial charge is 0.300 e. The lowest BCUT2D eigenvalue weighted by Crippen LogP contribution is -2.37. The lowest BCUT2D eigenvalue weighted by molar-refractivity contribution is -0.119. The van der Waals surface area contributed by atoms with E-state index in [-0.39, 0.29) is 11.9 Å². The van der Waals surface area contributed by atoms with Crippen molar-refractivity contribution in [2.24, 2.45) is 5.92 Å². The monoisotopic (exact) mass is 302 g/mol. The third-order valence-corrected chi connectivity index (χ3v) is 4.27. The van der Waals surface area contributed by atoms with Crippen molar-refractivity contribution in [3.63, 3.8) is 0 Å². The molecule has 0 aliphatic carbocycles. The van der Waals surface area contributed by atoms with E-state index in [1.807, 2.05) is 60.0 Å². The average Bonchev–Trinajstić information content (AvgIpc) is 2.92. The number of rotatable bonds is 1. The van der Waals surface area contributed by atoms with E-state index in [0.29, 0.717) is 5.95 Å². The van der Waals surface area contributed by atoms with E-state index < -0.39 is 5.92 Å². The van der Waals surface area contributed by atoms with Crippen LogP contribution in [-0.2, 0) is 4.79 Å². The standard InChI is InChI=1S/C18H14N4O/c1-11-6-8-12(9-7-11)16-13(10-19)17(23)21-18-20-14-4-2-3-5-15(14)22(16)18/h2-9,13,16H,1H3,(H,20,21,23)/t13-,16-/m1/s1. The van der Waals surface area contributed by atoms with Gasteiger partial charge in [-0.05, 0) is 24.6 Å². The van der Waals surface area contributed by atoms with E-state index >= 15 is 0 Å². The molecule has 0 saturated carbocycles. The maximum atomic E-state index is 12.3. The van der Waals surface area contributed by atoms with Gasteiger partial charge in [0, 0.05) is 0 Å². The summed E-state index contributed by atoms with van der Waals surface area (Å²) in [7, 11) is 0. The summed E-state index contributed by atoms with van der Waals surface area (Å²) in [6.45, 7) is 2.01. The smallest absolute Gasteiger partial charge is 0.246 e. The molecule has 2 atom stereocenters. The van der Waals surface area contributed by atoms with Crippen molar-refractivity contribution in [3.05, 3.63) is 59.7 Å². The number of nitrogens with one attached hydrogen (secondary N) is 1. The number of para-hydroxylation sites is 2. The number of aromatic nitrogens is 2. The predicted molar refractivity (Wildman–Crippen MR) is 86.8 cm³/mol. The van der Waals surface area contributed by atoms with E-state index in [1.54, 1.807) is 0 Å². The normalized spacial score (nSPS) is 19.9. The molecule has 0 bridgehead atoms. The predicted octanol–water partition coefficient (Wildman–Crippen LogP) is 3.03. The molecule has 1 aliphatic heterocycles. The summed E-state index contributed by atoms with van der Waals surface area (Å²) in [5.74, 6) is -0.600. The van der Waals surface area contributed by atoms with Crippen molar-refractivity contribution in [1.29, 1.82) is 5.26 Å². The van der Waals surface area contributed by atoms with E-state index in [9.17, 15) is 10.1 Å². The molecule has 0 saturated heterocycles. The van der Waals surface area contributed by atoms with Gasteiger partial charge in [-0.25, -0.2) is 4.98 Å². The van der Waals surface area contributed by atoms with Gasteiger partial charge in [0.1, 0.15) is 0 Å². The van der Waals surface area contributed by atoms with Gasteiger partial charge < -0.3 is 4.57 Å². The third-order valence-electron chi connectivity index (χ3n) is 4.27. The van der Waals surface area contributed by atoms with Crippen LogP contribution in [0.25, 0.3) is 11.0 Å². The summed E-state index contributed by atoms with van der Waals surface area (Å²) in [4.78, 5) is 16.8. The van der Waals surface area contributed by atoms with Crippen molar-refractivity contribution >= 4 is 22.9 Å². The Kier molecular flexibility index (Phi) is 2.91. The third kappa shape index (κ3) is 2.00. The highest BCUT2D eigenvalue weighted by atomic mass is 16.2. The maximum absolute atomic E-state index is 12.3. The molecule has 0 fully saturated rings. The van der Waals surface area contributed by atoms with Gasteiger partial charge in [0.05, 0.1) is 23.1 Å². The first-order chi connectivity index (χ1) is 11.2. The van der Waals surface area contributed by atoms with Crippen molar-refractivity contribution in [2.45, 2.75) is 13.0 Å². The first-order valence-electron chi connectivity index (χ1n) is 7.43. The number of hydrogen-bond donors (Lipinski definition) is 1. The first-order valence-corrected chi connectivity index (χ1v) is 7.43. The van der Waals surface area contributed by atoms with Crippen molar-refractivity contribution in [3.8, 4) is 6.07 Å². The van der Waals surface area contributed by atoms with E-state index in [0.717, 1.165) is 22.2 Å². The van der Waals surface area contributed by atoms with Gasteiger partial charge >= 0.3 is 0 Å². The zero-order chi connectivity index (χ0) is 16.0.